The summed E-state index contributed by atoms with van der Waals surface area (Å²) >= 11 is 7.61. The monoisotopic (exact) mass is 302 g/mol. The van der Waals surface area contributed by atoms with Crippen molar-refractivity contribution in [3.05, 3.63) is 28.8 Å². The molecule has 1 heterocycles. The molecule has 1 saturated heterocycles. The minimum absolute atomic E-state index is 0.0277. The lowest BCUT2D eigenvalue weighted by Gasteiger charge is -2.13. The third-order valence-electron chi connectivity index (χ3n) is 2.60. The molecule has 1 aliphatic heterocycles. The van der Waals surface area contributed by atoms with Gasteiger partial charge in [0.25, 0.3) is 0 Å². The Bertz CT molecular complexity index is 590. The molecule has 1 unspecified atom stereocenters. The van der Waals surface area contributed by atoms with E-state index in [2.05, 4.69) is 4.72 Å². The van der Waals surface area contributed by atoms with Gasteiger partial charge in [-0.15, -0.1) is 0 Å². The molecule has 7 heteroatoms. The summed E-state index contributed by atoms with van der Waals surface area (Å²) in [6, 6.07) is 6.07. The average Bonchev–Trinajstić information content (AvgIpc) is 2.81. The van der Waals surface area contributed by atoms with Crippen molar-refractivity contribution in [3.63, 3.8) is 0 Å². The first-order valence-corrected chi connectivity index (χ1v) is 8.34. The van der Waals surface area contributed by atoms with Crippen molar-refractivity contribution in [3.8, 4) is 6.07 Å². The van der Waals surface area contributed by atoms with E-state index in [0.717, 1.165) is 17.9 Å². The van der Waals surface area contributed by atoms with Crippen LogP contribution in [0.1, 0.15) is 12.0 Å². The number of nitriles is 1. The van der Waals surface area contributed by atoms with Crippen LogP contribution >= 0.6 is 23.4 Å². The van der Waals surface area contributed by atoms with Crippen LogP contribution in [0.5, 0.6) is 0 Å². The fourth-order valence-electron chi connectivity index (χ4n) is 1.69. The highest BCUT2D eigenvalue weighted by atomic mass is 35.5. The predicted molar refractivity (Wildman–Crippen MR) is 72.2 cm³/mol. The second-order valence-corrected chi connectivity index (χ2v) is 7.18. The van der Waals surface area contributed by atoms with E-state index in [9.17, 15) is 8.42 Å². The maximum Gasteiger partial charge on any atom is 0.242 e. The van der Waals surface area contributed by atoms with Crippen molar-refractivity contribution < 1.29 is 8.42 Å². The first-order chi connectivity index (χ1) is 8.53. The number of rotatable bonds is 3. The van der Waals surface area contributed by atoms with Gasteiger partial charge < -0.3 is 0 Å². The standard InChI is InChI=1S/C11H11ClN2O2S2/c12-10-2-1-8(6-13)5-11(10)18(15,16)14-9-3-4-17-7-9/h1-2,5,9,14H,3-4,7H2. The maximum absolute atomic E-state index is 12.2. The van der Waals surface area contributed by atoms with Crippen molar-refractivity contribution >= 4 is 33.4 Å². The molecule has 1 N–H and O–H groups in total. The Morgan fingerprint density at radius 1 is 1.50 bits per heavy atom. The molecule has 0 bridgehead atoms. The third-order valence-corrected chi connectivity index (χ3v) is 5.77. The van der Waals surface area contributed by atoms with Gasteiger partial charge in [0.05, 0.1) is 16.7 Å². The first-order valence-electron chi connectivity index (χ1n) is 5.32. The van der Waals surface area contributed by atoms with Crippen LogP contribution < -0.4 is 4.72 Å². The topological polar surface area (TPSA) is 70.0 Å². The third kappa shape index (κ3) is 2.98. The minimum atomic E-state index is -3.65. The minimum Gasteiger partial charge on any atom is -0.207 e. The molecule has 1 aromatic rings. The molecule has 0 spiro atoms. The zero-order chi connectivity index (χ0) is 13.2. The second-order valence-electron chi connectivity index (χ2n) is 3.94. The highest BCUT2D eigenvalue weighted by molar-refractivity contribution is 7.99. The van der Waals surface area contributed by atoms with Gasteiger partial charge in [-0.2, -0.15) is 17.0 Å². The van der Waals surface area contributed by atoms with Crippen molar-refractivity contribution in [2.75, 3.05) is 11.5 Å². The summed E-state index contributed by atoms with van der Waals surface area (Å²) in [5.41, 5.74) is 0.278. The zero-order valence-corrected chi connectivity index (χ0v) is 11.8. The molecule has 0 radical (unpaired) electrons. The summed E-state index contributed by atoms with van der Waals surface area (Å²) in [7, 11) is -3.65. The molecular weight excluding hydrogens is 292 g/mol. The van der Waals surface area contributed by atoms with Gasteiger partial charge in [0, 0.05) is 11.8 Å². The van der Waals surface area contributed by atoms with Crippen LogP contribution in [0, 0.1) is 11.3 Å². The van der Waals surface area contributed by atoms with Gasteiger partial charge in [-0.1, -0.05) is 11.6 Å². The summed E-state index contributed by atoms with van der Waals surface area (Å²) < 4.78 is 26.9. The summed E-state index contributed by atoms with van der Waals surface area (Å²) in [5.74, 6) is 1.73. The molecule has 1 aliphatic rings. The van der Waals surface area contributed by atoms with Crippen LogP contribution in [0.3, 0.4) is 0 Å². The Kier molecular flexibility index (Phi) is 4.17. The molecule has 0 aromatic heterocycles. The number of thioether (sulfide) groups is 1. The molecule has 0 amide bonds. The fraction of sp³-hybridized carbons (Fsp3) is 0.364. The second kappa shape index (κ2) is 5.49. The molecule has 18 heavy (non-hydrogen) atoms. The molecule has 0 saturated carbocycles. The van der Waals surface area contributed by atoms with Gasteiger partial charge in [-0.25, -0.2) is 13.1 Å². The lowest BCUT2D eigenvalue weighted by molar-refractivity contribution is 0.563. The average molecular weight is 303 g/mol. The lowest BCUT2D eigenvalue weighted by Crippen LogP contribution is -2.34. The smallest absolute Gasteiger partial charge is 0.207 e. The van der Waals surface area contributed by atoms with E-state index in [1.165, 1.54) is 18.2 Å². The summed E-state index contributed by atoms with van der Waals surface area (Å²) in [6.07, 6.45) is 0.819. The van der Waals surface area contributed by atoms with Crippen LogP contribution in [0.15, 0.2) is 23.1 Å². The molecule has 96 valence electrons. The number of halogens is 1. The van der Waals surface area contributed by atoms with Gasteiger partial charge in [0.2, 0.25) is 10.0 Å². The van der Waals surface area contributed by atoms with Gasteiger partial charge in [-0.3, -0.25) is 0 Å². The number of hydrogen-bond donors (Lipinski definition) is 1. The van der Waals surface area contributed by atoms with Crippen LogP contribution in [0.4, 0.5) is 0 Å². The first kappa shape index (κ1) is 13.7. The number of benzene rings is 1. The Labute approximate surface area is 115 Å². The molecule has 0 aliphatic carbocycles. The number of hydrogen-bond acceptors (Lipinski definition) is 4. The van der Waals surface area contributed by atoms with Crippen molar-refractivity contribution in [2.24, 2.45) is 0 Å². The normalized spacial score (nSPS) is 19.7. The molecule has 2 rings (SSSR count). The van der Waals surface area contributed by atoms with Crippen LogP contribution in [-0.2, 0) is 10.0 Å². The Balaban J connectivity index is 2.31. The van der Waals surface area contributed by atoms with E-state index < -0.39 is 10.0 Å². The molecule has 1 aromatic carbocycles. The van der Waals surface area contributed by atoms with Gasteiger partial charge in [0.1, 0.15) is 4.90 Å². The molecule has 1 atom stereocenters. The van der Waals surface area contributed by atoms with Crippen molar-refractivity contribution in [2.45, 2.75) is 17.4 Å². The van der Waals surface area contributed by atoms with Crippen LogP contribution in [0.25, 0.3) is 0 Å². The SMILES string of the molecule is N#Cc1ccc(Cl)c(S(=O)(=O)NC2CCSC2)c1. The number of sulfonamides is 1. The largest absolute Gasteiger partial charge is 0.242 e. The van der Waals surface area contributed by atoms with E-state index >= 15 is 0 Å². The molecule has 4 nitrogen and oxygen atoms in total. The van der Waals surface area contributed by atoms with Gasteiger partial charge >= 0.3 is 0 Å². The highest BCUT2D eigenvalue weighted by Crippen LogP contribution is 2.24. The van der Waals surface area contributed by atoms with Gasteiger partial charge in [0.15, 0.2) is 0 Å². The predicted octanol–water partition coefficient (Wildman–Crippen LogP) is 2.00. The molecule has 1 fully saturated rings. The van der Waals surface area contributed by atoms with Crippen molar-refractivity contribution in [1.82, 2.24) is 4.72 Å². The zero-order valence-electron chi connectivity index (χ0n) is 9.39. The summed E-state index contributed by atoms with van der Waals surface area (Å²) in [6.45, 7) is 0. The van der Waals surface area contributed by atoms with E-state index in [0.29, 0.717) is 0 Å². The Morgan fingerprint density at radius 3 is 2.89 bits per heavy atom. The quantitative estimate of drug-likeness (QED) is 0.927. The Hall–Kier alpha value is -0.740. The lowest BCUT2D eigenvalue weighted by atomic mass is 10.2. The van der Waals surface area contributed by atoms with E-state index in [1.54, 1.807) is 11.8 Å². The van der Waals surface area contributed by atoms with Crippen LogP contribution in [0.2, 0.25) is 5.02 Å². The highest BCUT2D eigenvalue weighted by Gasteiger charge is 2.25. The van der Waals surface area contributed by atoms with Gasteiger partial charge in [-0.05, 0) is 30.4 Å². The van der Waals surface area contributed by atoms with Crippen molar-refractivity contribution in [1.29, 1.82) is 5.26 Å². The number of nitrogens with zero attached hydrogens (tertiary/aromatic N) is 1. The van der Waals surface area contributed by atoms with Crippen LogP contribution in [-0.4, -0.2) is 26.0 Å². The fourth-order valence-corrected chi connectivity index (χ4v) is 4.74. The van der Waals surface area contributed by atoms with E-state index in [1.807, 2.05) is 6.07 Å². The van der Waals surface area contributed by atoms with E-state index in [4.69, 9.17) is 16.9 Å². The Morgan fingerprint density at radius 2 is 2.28 bits per heavy atom. The summed E-state index contributed by atoms with van der Waals surface area (Å²) in [5, 5.41) is 8.92. The molecular formula is C11H11ClN2O2S2. The number of nitrogens with one attached hydrogen (secondary N) is 1. The summed E-state index contributed by atoms with van der Waals surface area (Å²) in [4.78, 5) is -0.0277. The maximum atomic E-state index is 12.2. The van der Waals surface area contributed by atoms with E-state index in [-0.39, 0.29) is 21.5 Å².